The molecule has 1 nitrogen and oxygen atoms in total. The van der Waals surface area contributed by atoms with E-state index in [-0.39, 0.29) is 0 Å². The summed E-state index contributed by atoms with van der Waals surface area (Å²) >= 11 is 1.66. The minimum atomic E-state index is 1.06. The van der Waals surface area contributed by atoms with Crippen molar-refractivity contribution in [2.45, 2.75) is 0 Å². The highest BCUT2D eigenvalue weighted by Crippen LogP contribution is 2.20. The van der Waals surface area contributed by atoms with E-state index in [9.17, 15) is 0 Å². The molecule has 1 rings (SSSR count). The standard InChI is InChI=1S/C10H13NS/c1-9(12-3)11(2)10-7-5-4-6-8-10/h4-8H,1H2,2-3H3. The second-order valence-electron chi connectivity index (χ2n) is 2.49. The quantitative estimate of drug-likeness (QED) is 0.702. The van der Waals surface area contributed by atoms with Crippen LogP contribution in [0.3, 0.4) is 0 Å². The van der Waals surface area contributed by atoms with Gasteiger partial charge in [0.25, 0.3) is 0 Å². The van der Waals surface area contributed by atoms with Gasteiger partial charge in [-0.15, -0.1) is 11.8 Å². The second-order valence-corrected chi connectivity index (χ2v) is 3.37. The van der Waals surface area contributed by atoms with E-state index >= 15 is 0 Å². The third kappa shape index (κ3) is 2.05. The fourth-order valence-electron chi connectivity index (χ4n) is 0.933. The van der Waals surface area contributed by atoms with Crippen LogP contribution in [0, 0.1) is 0 Å². The minimum Gasteiger partial charge on any atom is -0.340 e. The van der Waals surface area contributed by atoms with Crippen LogP contribution in [0.25, 0.3) is 0 Å². The molecule has 0 heterocycles. The predicted octanol–water partition coefficient (Wildman–Crippen LogP) is 2.96. The summed E-state index contributed by atoms with van der Waals surface area (Å²) in [6.45, 7) is 3.94. The van der Waals surface area contributed by atoms with E-state index in [4.69, 9.17) is 0 Å². The van der Waals surface area contributed by atoms with Crippen molar-refractivity contribution in [1.29, 1.82) is 0 Å². The lowest BCUT2D eigenvalue weighted by atomic mass is 10.3. The fourth-order valence-corrected chi connectivity index (χ4v) is 1.31. The molecular formula is C10H13NS. The summed E-state index contributed by atoms with van der Waals surface area (Å²) in [6.07, 6.45) is 2.03. The molecular weight excluding hydrogens is 166 g/mol. The zero-order valence-electron chi connectivity index (χ0n) is 7.45. The van der Waals surface area contributed by atoms with E-state index in [2.05, 4.69) is 23.6 Å². The fraction of sp³-hybridized carbons (Fsp3) is 0.200. The highest BCUT2D eigenvalue weighted by molar-refractivity contribution is 8.02. The van der Waals surface area contributed by atoms with Gasteiger partial charge in [-0.1, -0.05) is 24.8 Å². The Labute approximate surface area is 78.1 Å². The molecule has 0 aliphatic carbocycles. The summed E-state index contributed by atoms with van der Waals surface area (Å²) in [4.78, 5) is 2.07. The molecule has 1 aromatic rings. The lowest BCUT2D eigenvalue weighted by Gasteiger charge is -2.19. The van der Waals surface area contributed by atoms with Gasteiger partial charge in [0.1, 0.15) is 0 Å². The number of benzene rings is 1. The highest BCUT2D eigenvalue weighted by atomic mass is 32.2. The van der Waals surface area contributed by atoms with Gasteiger partial charge in [0.15, 0.2) is 0 Å². The molecule has 0 radical (unpaired) electrons. The van der Waals surface area contributed by atoms with Crippen LogP contribution in [0.2, 0.25) is 0 Å². The summed E-state index contributed by atoms with van der Waals surface area (Å²) in [5.41, 5.74) is 1.18. The molecule has 0 spiro atoms. The molecule has 0 fully saturated rings. The van der Waals surface area contributed by atoms with Gasteiger partial charge in [-0.05, 0) is 18.4 Å². The van der Waals surface area contributed by atoms with Crippen LogP contribution in [0.1, 0.15) is 0 Å². The van der Waals surface area contributed by atoms with Gasteiger partial charge in [0, 0.05) is 12.7 Å². The average molecular weight is 179 g/mol. The number of thioether (sulfide) groups is 1. The zero-order chi connectivity index (χ0) is 8.97. The molecule has 0 amide bonds. The van der Waals surface area contributed by atoms with Gasteiger partial charge < -0.3 is 4.90 Å². The Hall–Kier alpha value is -0.890. The number of rotatable bonds is 3. The second kappa shape index (κ2) is 4.21. The summed E-state index contributed by atoms with van der Waals surface area (Å²) in [6, 6.07) is 10.2. The number of hydrogen-bond donors (Lipinski definition) is 0. The topological polar surface area (TPSA) is 3.24 Å². The van der Waals surface area contributed by atoms with E-state index in [0.29, 0.717) is 0 Å². The maximum Gasteiger partial charge on any atom is 0.0673 e. The van der Waals surface area contributed by atoms with E-state index in [1.807, 2.05) is 31.5 Å². The van der Waals surface area contributed by atoms with Crippen LogP contribution in [-0.4, -0.2) is 13.3 Å². The molecule has 0 saturated carbocycles. The summed E-state index contributed by atoms with van der Waals surface area (Å²) < 4.78 is 0. The monoisotopic (exact) mass is 179 g/mol. The van der Waals surface area contributed by atoms with Crippen molar-refractivity contribution in [2.75, 3.05) is 18.2 Å². The number of anilines is 1. The Morgan fingerprint density at radius 3 is 2.42 bits per heavy atom. The molecule has 0 atom stereocenters. The third-order valence-corrected chi connectivity index (χ3v) is 2.50. The molecule has 0 saturated heterocycles. The smallest absolute Gasteiger partial charge is 0.0673 e. The van der Waals surface area contributed by atoms with Crippen LogP contribution in [0.15, 0.2) is 41.9 Å². The molecule has 0 aliphatic rings. The first-order valence-electron chi connectivity index (χ1n) is 3.77. The first-order valence-corrected chi connectivity index (χ1v) is 5.00. The van der Waals surface area contributed by atoms with Gasteiger partial charge in [-0.2, -0.15) is 0 Å². The molecule has 0 bridgehead atoms. The Bertz CT molecular complexity index is 256. The molecule has 0 unspecified atom stereocenters. The zero-order valence-corrected chi connectivity index (χ0v) is 8.27. The van der Waals surface area contributed by atoms with Gasteiger partial charge in [-0.3, -0.25) is 0 Å². The molecule has 0 N–H and O–H groups in total. The van der Waals surface area contributed by atoms with E-state index in [0.717, 1.165) is 5.03 Å². The lowest BCUT2D eigenvalue weighted by Crippen LogP contribution is -2.12. The molecule has 0 aromatic heterocycles. The summed E-state index contributed by atoms with van der Waals surface area (Å²) in [5.74, 6) is 0. The predicted molar refractivity (Wildman–Crippen MR) is 57.5 cm³/mol. The molecule has 2 heteroatoms. The molecule has 0 aliphatic heterocycles. The van der Waals surface area contributed by atoms with Crippen molar-refractivity contribution in [3.63, 3.8) is 0 Å². The lowest BCUT2D eigenvalue weighted by molar-refractivity contribution is 1.19. The first-order chi connectivity index (χ1) is 5.75. The largest absolute Gasteiger partial charge is 0.340 e. The number of nitrogens with zero attached hydrogens (tertiary/aromatic N) is 1. The van der Waals surface area contributed by atoms with Crippen LogP contribution in [-0.2, 0) is 0 Å². The van der Waals surface area contributed by atoms with Crippen molar-refractivity contribution >= 4 is 17.4 Å². The summed E-state index contributed by atoms with van der Waals surface area (Å²) in [7, 11) is 2.02. The van der Waals surface area contributed by atoms with Crippen molar-refractivity contribution in [2.24, 2.45) is 0 Å². The Kier molecular flexibility index (Phi) is 3.23. The average Bonchev–Trinajstić information content (AvgIpc) is 2.17. The number of hydrogen-bond acceptors (Lipinski definition) is 2. The van der Waals surface area contributed by atoms with Crippen LogP contribution in [0.4, 0.5) is 5.69 Å². The molecule has 64 valence electrons. The molecule has 12 heavy (non-hydrogen) atoms. The molecule has 1 aromatic carbocycles. The van der Waals surface area contributed by atoms with Gasteiger partial charge in [0.2, 0.25) is 0 Å². The first kappa shape index (κ1) is 9.20. The number of para-hydroxylation sites is 1. The van der Waals surface area contributed by atoms with E-state index < -0.39 is 0 Å². The Balaban J connectivity index is 2.78. The van der Waals surface area contributed by atoms with Gasteiger partial charge in [0.05, 0.1) is 5.03 Å². The summed E-state index contributed by atoms with van der Waals surface area (Å²) in [5, 5.41) is 1.06. The maximum atomic E-state index is 3.94. The maximum absolute atomic E-state index is 3.94. The minimum absolute atomic E-state index is 1.06. The van der Waals surface area contributed by atoms with Crippen molar-refractivity contribution in [3.8, 4) is 0 Å². The van der Waals surface area contributed by atoms with E-state index in [1.54, 1.807) is 11.8 Å². The Morgan fingerprint density at radius 2 is 1.92 bits per heavy atom. The van der Waals surface area contributed by atoms with Crippen molar-refractivity contribution < 1.29 is 0 Å². The van der Waals surface area contributed by atoms with Crippen LogP contribution in [0.5, 0.6) is 0 Å². The SMILES string of the molecule is C=C(SC)N(C)c1ccccc1. The van der Waals surface area contributed by atoms with Crippen molar-refractivity contribution in [1.82, 2.24) is 0 Å². The highest BCUT2D eigenvalue weighted by Gasteiger charge is 2.01. The van der Waals surface area contributed by atoms with Gasteiger partial charge in [-0.25, -0.2) is 0 Å². The third-order valence-electron chi connectivity index (χ3n) is 1.75. The van der Waals surface area contributed by atoms with Gasteiger partial charge >= 0.3 is 0 Å². The van der Waals surface area contributed by atoms with Crippen LogP contribution >= 0.6 is 11.8 Å². The normalized spacial score (nSPS) is 9.50. The van der Waals surface area contributed by atoms with Crippen molar-refractivity contribution in [3.05, 3.63) is 41.9 Å². The Morgan fingerprint density at radius 1 is 1.33 bits per heavy atom. The van der Waals surface area contributed by atoms with Crippen LogP contribution < -0.4 is 4.90 Å². The van der Waals surface area contributed by atoms with E-state index in [1.165, 1.54) is 5.69 Å².